The molecule has 3 aromatic rings. The predicted molar refractivity (Wildman–Crippen MR) is 96.2 cm³/mol. The molecule has 28 heavy (non-hydrogen) atoms. The van der Waals surface area contributed by atoms with Crippen molar-refractivity contribution in [2.24, 2.45) is 0 Å². The fraction of sp³-hybridized carbons (Fsp3) is 0.176. The molecule has 0 aliphatic heterocycles. The minimum absolute atomic E-state index is 0.236. The average molecular weight is 409 g/mol. The van der Waals surface area contributed by atoms with Crippen LogP contribution in [0.15, 0.2) is 59.8 Å². The van der Waals surface area contributed by atoms with Gasteiger partial charge in [0.2, 0.25) is 11.1 Å². The van der Waals surface area contributed by atoms with Crippen molar-refractivity contribution in [3.63, 3.8) is 0 Å². The number of carbonyl (C=O) groups excluding carboxylic acids is 1. The van der Waals surface area contributed by atoms with Gasteiger partial charge in [0.1, 0.15) is 5.75 Å². The molecule has 0 bridgehead atoms. The number of anilines is 1. The number of ether oxygens (including phenoxy) is 1. The Balaban J connectivity index is 1.68. The number of aromatic nitrogens is 4. The summed E-state index contributed by atoms with van der Waals surface area (Å²) in [5, 5.41) is 13.9. The molecule has 1 heterocycles. The summed E-state index contributed by atoms with van der Waals surface area (Å²) in [4.78, 5) is 12.3. The molecule has 0 saturated heterocycles. The Bertz CT molecular complexity index is 932. The van der Waals surface area contributed by atoms with Crippen LogP contribution in [0.3, 0.4) is 0 Å². The van der Waals surface area contributed by atoms with Gasteiger partial charge in [-0.05, 0) is 53.7 Å². The van der Waals surface area contributed by atoms with Crippen LogP contribution in [0.25, 0.3) is 5.69 Å². The maximum atomic E-state index is 12.3. The molecule has 7 nitrogen and oxygen atoms in total. The van der Waals surface area contributed by atoms with Crippen LogP contribution >= 0.6 is 11.8 Å². The Labute approximate surface area is 161 Å². The number of hydrogen-bond donors (Lipinski definition) is 1. The number of amides is 1. The summed E-state index contributed by atoms with van der Waals surface area (Å²) in [6, 6.07) is 14.1. The summed E-state index contributed by atoms with van der Waals surface area (Å²) in [5.74, 6) is -0.589. The first-order valence-electron chi connectivity index (χ1n) is 7.99. The van der Waals surface area contributed by atoms with Crippen molar-refractivity contribution in [3.05, 3.63) is 54.6 Å². The number of thioether (sulfide) groups is 1. The van der Waals surface area contributed by atoms with Gasteiger partial charge in [-0.15, -0.1) is 18.3 Å². The van der Waals surface area contributed by atoms with Gasteiger partial charge < -0.3 is 10.1 Å². The third-order valence-corrected chi connectivity index (χ3v) is 4.48. The molecule has 1 aromatic heterocycles. The second-order valence-electron chi connectivity index (χ2n) is 5.53. The first-order valence-corrected chi connectivity index (χ1v) is 8.87. The third kappa shape index (κ3) is 5.22. The summed E-state index contributed by atoms with van der Waals surface area (Å²) >= 11 is 1.12. The highest BCUT2D eigenvalue weighted by molar-refractivity contribution is 8.00. The van der Waals surface area contributed by atoms with Crippen LogP contribution in [0.5, 0.6) is 5.75 Å². The van der Waals surface area contributed by atoms with E-state index in [4.69, 9.17) is 0 Å². The van der Waals surface area contributed by atoms with Crippen LogP contribution in [-0.2, 0) is 4.79 Å². The topological polar surface area (TPSA) is 81.9 Å². The highest BCUT2D eigenvalue weighted by atomic mass is 32.2. The molecule has 0 aliphatic rings. The number of nitrogens with one attached hydrogen (secondary N) is 1. The predicted octanol–water partition coefficient (Wildman–Crippen LogP) is 3.68. The number of tetrazole rings is 1. The SMILES string of the molecule is CC(Sc1nnnn1-c1ccc(OC(F)(F)F)cc1)C(=O)Nc1ccccc1. The lowest BCUT2D eigenvalue weighted by atomic mass is 10.3. The van der Waals surface area contributed by atoms with Gasteiger partial charge in [-0.3, -0.25) is 4.79 Å². The maximum absolute atomic E-state index is 12.3. The summed E-state index contributed by atoms with van der Waals surface area (Å²) < 4.78 is 41.9. The molecule has 2 aromatic carbocycles. The van der Waals surface area contributed by atoms with E-state index in [1.54, 1.807) is 31.2 Å². The Morgan fingerprint density at radius 3 is 2.46 bits per heavy atom. The fourth-order valence-electron chi connectivity index (χ4n) is 2.18. The quantitative estimate of drug-likeness (QED) is 0.626. The second-order valence-corrected chi connectivity index (χ2v) is 6.84. The number of alkyl halides is 3. The van der Waals surface area contributed by atoms with Gasteiger partial charge in [0.15, 0.2) is 0 Å². The molecule has 1 atom stereocenters. The molecular formula is C17H14F3N5O2S. The van der Waals surface area contributed by atoms with E-state index in [1.807, 2.05) is 6.07 Å². The zero-order chi connectivity index (χ0) is 20.1. The zero-order valence-corrected chi connectivity index (χ0v) is 15.2. The summed E-state index contributed by atoms with van der Waals surface area (Å²) in [6.07, 6.45) is -4.76. The molecular weight excluding hydrogens is 395 g/mol. The molecule has 0 fully saturated rings. The molecule has 11 heteroatoms. The number of benzene rings is 2. The normalized spacial score (nSPS) is 12.4. The smallest absolute Gasteiger partial charge is 0.406 e. The van der Waals surface area contributed by atoms with E-state index in [0.717, 1.165) is 23.9 Å². The number of carbonyl (C=O) groups is 1. The zero-order valence-electron chi connectivity index (χ0n) is 14.4. The van der Waals surface area contributed by atoms with Crippen LogP contribution in [0.4, 0.5) is 18.9 Å². The Hall–Kier alpha value is -3.08. The number of halogens is 3. The summed E-state index contributed by atoms with van der Waals surface area (Å²) in [5.41, 5.74) is 1.09. The number of hydrogen-bond acceptors (Lipinski definition) is 6. The van der Waals surface area contributed by atoms with Gasteiger partial charge in [0, 0.05) is 5.69 Å². The minimum Gasteiger partial charge on any atom is -0.406 e. The van der Waals surface area contributed by atoms with Gasteiger partial charge in [0.25, 0.3) is 0 Å². The molecule has 146 valence electrons. The lowest BCUT2D eigenvalue weighted by Crippen LogP contribution is -2.22. The third-order valence-electron chi connectivity index (χ3n) is 3.45. The Morgan fingerprint density at radius 1 is 1.14 bits per heavy atom. The summed E-state index contributed by atoms with van der Waals surface area (Å²) in [7, 11) is 0. The van der Waals surface area contributed by atoms with E-state index >= 15 is 0 Å². The van der Waals surface area contributed by atoms with E-state index < -0.39 is 11.6 Å². The van der Waals surface area contributed by atoms with Crippen LogP contribution in [0, 0.1) is 0 Å². The number of rotatable bonds is 6. The van der Waals surface area contributed by atoms with Gasteiger partial charge in [-0.2, -0.15) is 4.68 Å². The van der Waals surface area contributed by atoms with Crippen LogP contribution < -0.4 is 10.1 Å². The van der Waals surface area contributed by atoms with Crippen molar-refractivity contribution >= 4 is 23.4 Å². The van der Waals surface area contributed by atoms with E-state index in [1.165, 1.54) is 16.8 Å². The molecule has 1 amide bonds. The van der Waals surface area contributed by atoms with E-state index in [2.05, 4.69) is 25.6 Å². The van der Waals surface area contributed by atoms with Crippen LogP contribution in [-0.4, -0.2) is 37.7 Å². The summed E-state index contributed by atoms with van der Waals surface area (Å²) in [6.45, 7) is 1.70. The highest BCUT2D eigenvalue weighted by Gasteiger charge is 2.31. The second kappa shape index (κ2) is 8.30. The molecule has 0 saturated carbocycles. The molecule has 0 spiro atoms. The van der Waals surface area contributed by atoms with Crippen LogP contribution in [0.2, 0.25) is 0 Å². The average Bonchev–Trinajstić information content (AvgIpc) is 3.10. The number of para-hydroxylation sites is 1. The maximum Gasteiger partial charge on any atom is 0.573 e. The Morgan fingerprint density at radius 2 is 1.82 bits per heavy atom. The molecule has 0 radical (unpaired) electrons. The lowest BCUT2D eigenvalue weighted by molar-refractivity contribution is -0.274. The molecule has 1 N–H and O–H groups in total. The van der Waals surface area contributed by atoms with Crippen molar-refractivity contribution in [1.29, 1.82) is 0 Å². The van der Waals surface area contributed by atoms with Gasteiger partial charge in [-0.1, -0.05) is 30.0 Å². The molecule has 0 aliphatic carbocycles. The van der Waals surface area contributed by atoms with Crippen molar-refractivity contribution in [2.75, 3.05) is 5.32 Å². The largest absolute Gasteiger partial charge is 0.573 e. The molecule has 3 rings (SSSR count). The van der Waals surface area contributed by atoms with E-state index in [9.17, 15) is 18.0 Å². The Kier molecular flexibility index (Phi) is 5.83. The standard InChI is InChI=1S/C17H14F3N5O2S/c1-11(15(26)21-12-5-3-2-4-6-12)28-16-22-23-24-25(16)13-7-9-14(10-8-13)27-17(18,19)20/h2-11H,1H3,(H,21,26). The van der Waals surface area contributed by atoms with Gasteiger partial charge >= 0.3 is 6.36 Å². The van der Waals surface area contributed by atoms with E-state index in [0.29, 0.717) is 16.5 Å². The van der Waals surface area contributed by atoms with Gasteiger partial charge in [-0.25, -0.2) is 0 Å². The van der Waals surface area contributed by atoms with E-state index in [-0.39, 0.29) is 11.7 Å². The lowest BCUT2D eigenvalue weighted by Gasteiger charge is -2.12. The van der Waals surface area contributed by atoms with Gasteiger partial charge in [0.05, 0.1) is 10.9 Å². The number of nitrogens with zero attached hydrogens (tertiary/aromatic N) is 4. The fourth-order valence-corrected chi connectivity index (χ4v) is 2.99. The van der Waals surface area contributed by atoms with Crippen molar-refractivity contribution in [1.82, 2.24) is 20.2 Å². The first-order chi connectivity index (χ1) is 13.3. The van der Waals surface area contributed by atoms with Crippen LogP contribution in [0.1, 0.15) is 6.92 Å². The monoisotopic (exact) mass is 409 g/mol. The van der Waals surface area contributed by atoms with Crippen molar-refractivity contribution in [2.45, 2.75) is 23.7 Å². The van der Waals surface area contributed by atoms with Crippen molar-refractivity contribution < 1.29 is 22.7 Å². The van der Waals surface area contributed by atoms with Crippen molar-refractivity contribution in [3.8, 4) is 11.4 Å². The minimum atomic E-state index is -4.76. The highest BCUT2D eigenvalue weighted by Crippen LogP contribution is 2.26. The molecule has 1 unspecified atom stereocenters. The first kappa shape index (κ1) is 19.7.